The van der Waals surface area contributed by atoms with E-state index in [9.17, 15) is 5.11 Å². The van der Waals surface area contributed by atoms with Gasteiger partial charge in [-0.2, -0.15) is 0 Å². The van der Waals surface area contributed by atoms with Crippen molar-refractivity contribution >= 4 is 0 Å². The lowest BCUT2D eigenvalue weighted by molar-refractivity contribution is 0.148. The summed E-state index contributed by atoms with van der Waals surface area (Å²) in [4.78, 5) is 0. The van der Waals surface area contributed by atoms with Crippen LogP contribution in [0.15, 0.2) is 12.2 Å². The van der Waals surface area contributed by atoms with Crippen molar-refractivity contribution in [3.8, 4) is 0 Å². The van der Waals surface area contributed by atoms with E-state index in [0.717, 1.165) is 12.8 Å². The first-order chi connectivity index (χ1) is 11.3. The van der Waals surface area contributed by atoms with E-state index in [2.05, 4.69) is 26.0 Å². The van der Waals surface area contributed by atoms with Crippen LogP contribution in [0.4, 0.5) is 0 Å². The van der Waals surface area contributed by atoms with Crippen LogP contribution in [0.5, 0.6) is 0 Å². The molecule has 0 saturated carbocycles. The van der Waals surface area contributed by atoms with E-state index in [1.807, 2.05) is 0 Å². The van der Waals surface area contributed by atoms with Crippen molar-refractivity contribution in [3.05, 3.63) is 12.2 Å². The molecular formula is C22H44O. The van der Waals surface area contributed by atoms with Crippen LogP contribution in [-0.2, 0) is 0 Å². The molecule has 0 spiro atoms. The lowest BCUT2D eigenvalue weighted by atomic mass is 10.0. The van der Waals surface area contributed by atoms with Gasteiger partial charge in [-0.05, 0) is 38.5 Å². The molecule has 1 atom stereocenters. The summed E-state index contributed by atoms with van der Waals surface area (Å²) in [7, 11) is 0. The first kappa shape index (κ1) is 22.7. The first-order valence-corrected chi connectivity index (χ1v) is 10.6. The van der Waals surface area contributed by atoms with Gasteiger partial charge in [0.2, 0.25) is 0 Å². The van der Waals surface area contributed by atoms with E-state index < -0.39 is 0 Å². The molecular weight excluding hydrogens is 280 g/mol. The zero-order chi connectivity index (χ0) is 17.0. The summed E-state index contributed by atoms with van der Waals surface area (Å²) >= 11 is 0. The van der Waals surface area contributed by atoms with Crippen molar-refractivity contribution in [2.24, 2.45) is 0 Å². The lowest BCUT2D eigenvalue weighted by Gasteiger charge is -2.09. The Morgan fingerprint density at radius 3 is 1.57 bits per heavy atom. The summed E-state index contributed by atoms with van der Waals surface area (Å²) in [5.74, 6) is 0. The molecule has 1 N–H and O–H groups in total. The summed E-state index contributed by atoms with van der Waals surface area (Å²) < 4.78 is 0. The van der Waals surface area contributed by atoms with Crippen LogP contribution in [0.25, 0.3) is 0 Å². The second kappa shape index (κ2) is 19.7. The Morgan fingerprint density at radius 1 is 0.565 bits per heavy atom. The SMILES string of the molecule is CCCCCCCC/C=C/CCCCCCC[C@H](O)CCCC. The van der Waals surface area contributed by atoms with Crippen molar-refractivity contribution in [1.29, 1.82) is 0 Å². The van der Waals surface area contributed by atoms with Crippen molar-refractivity contribution in [3.63, 3.8) is 0 Å². The molecule has 0 bridgehead atoms. The summed E-state index contributed by atoms with van der Waals surface area (Å²) in [5, 5.41) is 9.77. The van der Waals surface area contributed by atoms with Gasteiger partial charge in [0, 0.05) is 0 Å². The van der Waals surface area contributed by atoms with E-state index in [-0.39, 0.29) is 6.10 Å². The van der Waals surface area contributed by atoms with E-state index in [0.29, 0.717) is 0 Å². The second-order valence-corrected chi connectivity index (χ2v) is 7.17. The van der Waals surface area contributed by atoms with Crippen LogP contribution >= 0.6 is 0 Å². The number of allylic oxidation sites excluding steroid dienone is 2. The average molecular weight is 325 g/mol. The first-order valence-electron chi connectivity index (χ1n) is 10.6. The van der Waals surface area contributed by atoms with Crippen molar-refractivity contribution in [2.75, 3.05) is 0 Å². The number of hydrogen-bond donors (Lipinski definition) is 1. The molecule has 0 amide bonds. The highest BCUT2D eigenvalue weighted by Gasteiger charge is 2.02. The molecule has 0 aliphatic rings. The smallest absolute Gasteiger partial charge is 0.0540 e. The molecule has 0 rings (SSSR count). The average Bonchev–Trinajstić information content (AvgIpc) is 2.56. The third kappa shape index (κ3) is 19.7. The molecule has 0 radical (unpaired) electrons. The van der Waals surface area contributed by atoms with E-state index in [1.54, 1.807) is 0 Å². The van der Waals surface area contributed by atoms with Crippen molar-refractivity contribution in [2.45, 2.75) is 129 Å². The molecule has 1 nitrogen and oxygen atoms in total. The maximum Gasteiger partial charge on any atom is 0.0540 e. The lowest BCUT2D eigenvalue weighted by Crippen LogP contribution is -2.05. The van der Waals surface area contributed by atoms with Crippen LogP contribution in [0.1, 0.15) is 123 Å². The topological polar surface area (TPSA) is 20.2 Å². The molecule has 0 fully saturated rings. The van der Waals surface area contributed by atoms with Gasteiger partial charge in [-0.15, -0.1) is 0 Å². The summed E-state index contributed by atoms with van der Waals surface area (Å²) in [5.41, 5.74) is 0. The Kier molecular flexibility index (Phi) is 19.5. The minimum Gasteiger partial charge on any atom is -0.393 e. The van der Waals surface area contributed by atoms with Crippen LogP contribution in [-0.4, -0.2) is 11.2 Å². The van der Waals surface area contributed by atoms with Gasteiger partial charge in [-0.25, -0.2) is 0 Å². The van der Waals surface area contributed by atoms with Gasteiger partial charge >= 0.3 is 0 Å². The number of aliphatic hydroxyl groups is 1. The second-order valence-electron chi connectivity index (χ2n) is 7.17. The number of rotatable bonds is 18. The van der Waals surface area contributed by atoms with Gasteiger partial charge in [-0.1, -0.05) is 96.6 Å². The molecule has 0 aliphatic heterocycles. The largest absolute Gasteiger partial charge is 0.393 e. The van der Waals surface area contributed by atoms with E-state index in [4.69, 9.17) is 0 Å². The zero-order valence-electron chi connectivity index (χ0n) is 16.2. The molecule has 0 aromatic carbocycles. The Balaban J connectivity index is 3.13. The molecule has 0 aliphatic carbocycles. The van der Waals surface area contributed by atoms with Crippen LogP contribution in [0.3, 0.4) is 0 Å². The molecule has 138 valence electrons. The molecule has 0 unspecified atom stereocenters. The summed E-state index contributed by atoms with van der Waals surface area (Å²) in [6.07, 6.45) is 26.6. The Hall–Kier alpha value is -0.300. The fourth-order valence-corrected chi connectivity index (χ4v) is 3.03. The van der Waals surface area contributed by atoms with Gasteiger partial charge < -0.3 is 5.11 Å². The molecule has 0 heterocycles. The normalized spacial score (nSPS) is 13.0. The standard InChI is InChI=1S/C22H44O/c1-3-5-7-8-9-10-11-12-13-14-15-16-17-18-19-21-22(23)20-6-4-2/h12-13,22-23H,3-11,14-21H2,1-2H3/b13-12+/t22-/m1/s1. The maximum absolute atomic E-state index is 9.77. The summed E-state index contributed by atoms with van der Waals surface area (Å²) in [6.45, 7) is 4.47. The number of aliphatic hydroxyl groups excluding tert-OH is 1. The van der Waals surface area contributed by atoms with Gasteiger partial charge in [-0.3, -0.25) is 0 Å². The van der Waals surface area contributed by atoms with Crippen LogP contribution in [0.2, 0.25) is 0 Å². The Labute approximate surface area is 147 Å². The predicted octanol–water partition coefficient (Wildman–Crippen LogP) is 7.58. The number of hydrogen-bond acceptors (Lipinski definition) is 1. The number of unbranched alkanes of at least 4 members (excludes halogenated alkanes) is 12. The highest BCUT2D eigenvalue weighted by Crippen LogP contribution is 2.12. The Morgan fingerprint density at radius 2 is 1.00 bits per heavy atom. The molecule has 0 saturated heterocycles. The quantitative estimate of drug-likeness (QED) is 0.203. The third-order valence-corrected chi connectivity index (χ3v) is 4.69. The van der Waals surface area contributed by atoms with Gasteiger partial charge in [0.25, 0.3) is 0 Å². The van der Waals surface area contributed by atoms with Gasteiger partial charge in [0.1, 0.15) is 0 Å². The molecule has 23 heavy (non-hydrogen) atoms. The van der Waals surface area contributed by atoms with Crippen molar-refractivity contribution in [1.82, 2.24) is 0 Å². The van der Waals surface area contributed by atoms with E-state index >= 15 is 0 Å². The highest BCUT2D eigenvalue weighted by molar-refractivity contribution is 4.81. The van der Waals surface area contributed by atoms with Crippen LogP contribution < -0.4 is 0 Å². The van der Waals surface area contributed by atoms with Crippen molar-refractivity contribution < 1.29 is 5.11 Å². The minimum absolute atomic E-state index is 0.0418. The van der Waals surface area contributed by atoms with Gasteiger partial charge in [0.05, 0.1) is 6.10 Å². The maximum atomic E-state index is 9.77. The van der Waals surface area contributed by atoms with Gasteiger partial charge in [0.15, 0.2) is 0 Å². The third-order valence-electron chi connectivity index (χ3n) is 4.69. The molecule has 0 aromatic heterocycles. The minimum atomic E-state index is -0.0418. The molecule has 0 aromatic rings. The monoisotopic (exact) mass is 324 g/mol. The summed E-state index contributed by atoms with van der Waals surface area (Å²) in [6, 6.07) is 0. The fourth-order valence-electron chi connectivity index (χ4n) is 3.03. The highest BCUT2D eigenvalue weighted by atomic mass is 16.3. The predicted molar refractivity (Wildman–Crippen MR) is 105 cm³/mol. The fraction of sp³-hybridized carbons (Fsp3) is 0.909. The zero-order valence-corrected chi connectivity index (χ0v) is 16.2. The molecule has 1 heteroatoms. The Bertz CT molecular complexity index is 234. The van der Waals surface area contributed by atoms with Crippen LogP contribution in [0, 0.1) is 0 Å². The van der Waals surface area contributed by atoms with E-state index in [1.165, 1.54) is 96.3 Å².